The molecule has 2 N–H and O–H groups in total. The Hall–Kier alpha value is -2.58. The molecule has 0 radical (unpaired) electrons. The van der Waals surface area contributed by atoms with Crippen LogP contribution in [0.15, 0.2) is 29.2 Å². The number of imidazole rings is 1. The van der Waals surface area contributed by atoms with E-state index in [1.165, 1.54) is 19.3 Å². The van der Waals surface area contributed by atoms with Crippen LogP contribution in [0.1, 0.15) is 39.5 Å². The van der Waals surface area contributed by atoms with Crippen LogP contribution in [0.4, 0.5) is 17.5 Å². The SMILES string of the molecule is Cn1c(=O)n(CCC(C)(C)O)c2cc(Nc3nc(N4CC5CCC(C5)C4)ncc3Cl)ccc21. The van der Waals surface area contributed by atoms with Crippen LogP contribution in [0.5, 0.6) is 0 Å². The third kappa shape index (κ3) is 4.46. The molecule has 3 heterocycles. The monoisotopic (exact) mass is 470 g/mol. The quantitative estimate of drug-likeness (QED) is 0.567. The number of rotatable bonds is 6. The average Bonchev–Trinajstić information content (AvgIpc) is 3.22. The summed E-state index contributed by atoms with van der Waals surface area (Å²) in [5.74, 6) is 2.74. The second-order valence-corrected chi connectivity index (χ2v) is 10.6. The fraction of sp³-hybridized carbons (Fsp3) is 0.542. The third-order valence-corrected chi connectivity index (χ3v) is 7.25. The van der Waals surface area contributed by atoms with E-state index in [-0.39, 0.29) is 5.69 Å². The number of hydrogen-bond donors (Lipinski definition) is 2. The summed E-state index contributed by atoms with van der Waals surface area (Å²) in [6.45, 7) is 5.93. The molecule has 2 aromatic heterocycles. The molecule has 2 bridgehead atoms. The van der Waals surface area contributed by atoms with Crippen LogP contribution >= 0.6 is 11.6 Å². The fourth-order valence-electron chi connectivity index (χ4n) is 5.20. The van der Waals surface area contributed by atoms with Gasteiger partial charge in [-0.3, -0.25) is 9.13 Å². The molecule has 176 valence electrons. The molecule has 9 heteroatoms. The summed E-state index contributed by atoms with van der Waals surface area (Å²) in [5.41, 5.74) is 1.47. The van der Waals surface area contributed by atoms with Gasteiger partial charge in [-0.25, -0.2) is 9.78 Å². The van der Waals surface area contributed by atoms with Crippen LogP contribution in [0.3, 0.4) is 0 Å². The Bertz CT molecular complexity index is 1230. The van der Waals surface area contributed by atoms with E-state index < -0.39 is 5.60 Å². The molecule has 2 fully saturated rings. The van der Waals surface area contributed by atoms with Crippen LogP contribution in [-0.2, 0) is 13.6 Å². The van der Waals surface area contributed by atoms with E-state index >= 15 is 0 Å². The zero-order valence-electron chi connectivity index (χ0n) is 19.4. The molecule has 5 rings (SSSR count). The van der Waals surface area contributed by atoms with Crippen molar-refractivity contribution in [3.63, 3.8) is 0 Å². The molecule has 1 aromatic carbocycles. The first kappa shape index (κ1) is 22.2. The van der Waals surface area contributed by atoms with E-state index in [1.807, 2.05) is 18.2 Å². The second-order valence-electron chi connectivity index (χ2n) is 10.2. The number of halogens is 1. The maximum Gasteiger partial charge on any atom is 0.328 e. The van der Waals surface area contributed by atoms with Crippen molar-refractivity contribution in [2.24, 2.45) is 18.9 Å². The molecule has 1 saturated heterocycles. The lowest BCUT2D eigenvalue weighted by molar-refractivity contribution is 0.0662. The molecule has 1 saturated carbocycles. The van der Waals surface area contributed by atoms with Crippen molar-refractivity contribution in [1.29, 1.82) is 0 Å². The highest BCUT2D eigenvalue weighted by Crippen LogP contribution is 2.38. The number of nitrogens with zero attached hydrogens (tertiary/aromatic N) is 5. The van der Waals surface area contributed by atoms with Crippen LogP contribution in [0, 0.1) is 11.8 Å². The smallest absolute Gasteiger partial charge is 0.328 e. The molecule has 2 aliphatic rings. The lowest BCUT2D eigenvalue weighted by atomic mass is 9.99. The van der Waals surface area contributed by atoms with Gasteiger partial charge in [-0.05, 0) is 69.6 Å². The number of aliphatic hydroxyl groups is 1. The molecule has 2 unspecified atom stereocenters. The number of nitrogens with one attached hydrogen (secondary N) is 1. The molecule has 1 aliphatic carbocycles. The minimum Gasteiger partial charge on any atom is -0.390 e. The first-order valence-corrected chi connectivity index (χ1v) is 12.0. The summed E-state index contributed by atoms with van der Waals surface area (Å²) in [5, 5.41) is 13.9. The molecular formula is C24H31ClN6O2. The first-order chi connectivity index (χ1) is 15.7. The lowest BCUT2D eigenvalue weighted by Crippen LogP contribution is -2.37. The first-order valence-electron chi connectivity index (χ1n) is 11.6. The van der Waals surface area contributed by atoms with E-state index in [4.69, 9.17) is 16.6 Å². The topological polar surface area (TPSA) is 88.2 Å². The van der Waals surface area contributed by atoms with Crippen molar-refractivity contribution >= 4 is 40.1 Å². The van der Waals surface area contributed by atoms with Crippen LogP contribution < -0.4 is 15.9 Å². The average molecular weight is 471 g/mol. The Kier molecular flexibility index (Phi) is 5.61. The second kappa shape index (κ2) is 8.33. The van der Waals surface area contributed by atoms with E-state index in [2.05, 4.69) is 15.2 Å². The number of piperidine rings is 1. The van der Waals surface area contributed by atoms with Gasteiger partial charge in [0.05, 0.1) is 22.8 Å². The van der Waals surface area contributed by atoms with Gasteiger partial charge in [0, 0.05) is 32.4 Å². The van der Waals surface area contributed by atoms with Crippen LogP contribution in [0.2, 0.25) is 5.02 Å². The molecule has 33 heavy (non-hydrogen) atoms. The van der Waals surface area contributed by atoms with Gasteiger partial charge < -0.3 is 15.3 Å². The largest absolute Gasteiger partial charge is 0.390 e. The van der Waals surface area contributed by atoms with Crippen LogP contribution in [0.25, 0.3) is 11.0 Å². The lowest BCUT2D eigenvalue weighted by Gasteiger charge is -2.32. The number of benzene rings is 1. The molecule has 8 nitrogen and oxygen atoms in total. The van der Waals surface area contributed by atoms with Gasteiger partial charge in [-0.15, -0.1) is 0 Å². The van der Waals surface area contributed by atoms with Gasteiger partial charge in [-0.2, -0.15) is 4.98 Å². The summed E-state index contributed by atoms with van der Waals surface area (Å²) < 4.78 is 3.33. The Morgan fingerprint density at radius 3 is 2.64 bits per heavy atom. The maximum atomic E-state index is 12.8. The Morgan fingerprint density at radius 1 is 1.21 bits per heavy atom. The van der Waals surface area contributed by atoms with Gasteiger partial charge in [0.1, 0.15) is 5.02 Å². The van der Waals surface area contributed by atoms with E-state index in [9.17, 15) is 9.90 Å². The molecule has 3 aromatic rings. The number of aromatic nitrogens is 4. The summed E-state index contributed by atoms with van der Waals surface area (Å²) in [6.07, 6.45) is 6.05. The van der Waals surface area contributed by atoms with E-state index in [1.54, 1.807) is 36.2 Å². The van der Waals surface area contributed by atoms with Crippen molar-refractivity contribution in [3.8, 4) is 0 Å². The van der Waals surface area contributed by atoms with E-state index in [0.717, 1.165) is 41.6 Å². The zero-order chi connectivity index (χ0) is 23.3. The van der Waals surface area contributed by atoms with Crippen molar-refractivity contribution in [1.82, 2.24) is 19.1 Å². The number of fused-ring (bicyclic) bond motifs is 3. The van der Waals surface area contributed by atoms with Crippen molar-refractivity contribution < 1.29 is 5.11 Å². The Labute approximate surface area is 198 Å². The van der Waals surface area contributed by atoms with Gasteiger partial charge in [0.2, 0.25) is 5.95 Å². The van der Waals surface area contributed by atoms with Crippen molar-refractivity contribution in [2.45, 2.75) is 51.7 Å². The Morgan fingerprint density at radius 2 is 1.94 bits per heavy atom. The standard InChI is InChI=1S/C24H31ClN6O2/c1-24(2,33)8-9-31-20-11-17(6-7-19(20)29(3)23(31)32)27-21-18(25)12-26-22(28-21)30-13-15-4-5-16(10-15)14-30/h6-7,11-12,15-16,33H,4-5,8-10,13-14H2,1-3H3,(H,26,27,28). The molecule has 0 spiro atoms. The molecular weight excluding hydrogens is 440 g/mol. The van der Waals surface area contributed by atoms with Crippen LogP contribution in [-0.4, -0.2) is 42.9 Å². The minimum absolute atomic E-state index is 0.103. The molecule has 2 atom stereocenters. The predicted octanol–water partition coefficient (Wildman–Crippen LogP) is 3.92. The van der Waals surface area contributed by atoms with Crippen molar-refractivity contribution in [3.05, 3.63) is 39.9 Å². The van der Waals surface area contributed by atoms with Gasteiger partial charge in [0.15, 0.2) is 5.82 Å². The Balaban J connectivity index is 1.43. The van der Waals surface area contributed by atoms with Gasteiger partial charge >= 0.3 is 5.69 Å². The summed E-state index contributed by atoms with van der Waals surface area (Å²) in [7, 11) is 1.76. The van der Waals surface area contributed by atoms with E-state index in [0.29, 0.717) is 29.8 Å². The highest BCUT2D eigenvalue weighted by molar-refractivity contribution is 6.32. The third-order valence-electron chi connectivity index (χ3n) is 6.98. The highest BCUT2D eigenvalue weighted by Gasteiger charge is 2.34. The molecule has 1 aliphatic heterocycles. The van der Waals surface area contributed by atoms with Gasteiger partial charge in [0.25, 0.3) is 0 Å². The predicted molar refractivity (Wildman–Crippen MR) is 131 cm³/mol. The number of hydrogen-bond acceptors (Lipinski definition) is 6. The number of anilines is 3. The summed E-state index contributed by atoms with van der Waals surface area (Å²) in [4.78, 5) is 24.3. The fourth-order valence-corrected chi connectivity index (χ4v) is 5.33. The zero-order valence-corrected chi connectivity index (χ0v) is 20.1. The van der Waals surface area contributed by atoms with Crippen molar-refractivity contribution in [2.75, 3.05) is 23.3 Å². The number of aryl methyl sites for hydroxylation is 2. The highest BCUT2D eigenvalue weighted by atomic mass is 35.5. The van der Waals surface area contributed by atoms with Gasteiger partial charge in [-0.1, -0.05) is 11.6 Å². The molecule has 0 amide bonds. The normalized spacial score (nSPS) is 20.6. The summed E-state index contributed by atoms with van der Waals surface area (Å²) >= 11 is 6.44. The maximum absolute atomic E-state index is 12.8. The summed E-state index contributed by atoms with van der Waals surface area (Å²) in [6, 6.07) is 5.76. The minimum atomic E-state index is -0.851.